The van der Waals surface area contributed by atoms with Crippen molar-refractivity contribution in [3.05, 3.63) is 29.8 Å². The summed E-state index contributed by atoms with van der Waals surface area (Å²) in [5, 5.41) is 3.77. The molecule has 1 aliphatic rings. The summed E-state index contributed by atoms with van der Waals surface area (Å²) in [5.41, 5.74) is 1.12. The summed E-state index contributed by atoms with van der Waals surface area (Å²) in [7, 11) is 0. The summed E-state index contributed by atoms with van der Waals surface area (Å²) in [6, 6.07) is 9.19. The van der Waals surface area contributed by atoms with E-state index in [1.807, 2.05) is 17.8 Å². The molecular weight excluding hydrogens is 242 g/mol. The van der Waals surface area contributed by atoms with Crippen molar-refractivity contribution in [1.82, 2.24) is 5.32 Å². The number of ether oxygens (including phenoxy) is 1. The topological polar surface area (TPSA) is 21.3 Å². The zero-order valence-corrected chi connectivity index (χ0v) is 12.5. The number of thioether (sulfide) groups is 1. The third-order valence-electron chi connectivity index (χ3n) is 3.56. The van der Waals surface area contributed by atoms with Gasteiger partial charge in [0, 0.05) is 17.4 Å². The Hall–Kier alpha value is -0.670. The maximum Gasteiger partial charge on any atom is 0.125 e. The largest absolute Gasteiger partial charge is 0.486 e. The summed E-state index contributed by atoms with van der Waals surface area (Å²) in [4.78, 5) is 0. The highest BCUT2D eigenvalue weighted by Gasteiger charge is 2.41. The molecule has 18 heavy (non-hydrogen) atoms. The number of nitrogens with one attached hydrogen (secondary N) is 1. The normalized spacial score (nSPS) is 22.3. The van der Waals surface area contributed by atoms with Crippen LogP contribution in [0.15, 0.2) is 24.3 Å². The van der Waals surface area contributed by atoms with Gasteiger partial charge in [-0.15, -0.1) is 0 Å². The molecule has 2 rings (SSSR count). The highest BCUT2D eigenvalue weighted by atomic mass is 32.2. The van der Waals surface area contributed by atoms with E-state index in [4.69, 9.17) is 4.74 Å². The van der Waals surface area contributed by atoms with Crippen molar-refractivity contribution in [2.75, 3.05) is 12.0 Å². The smallest absolute Gasteiger partial charge is 0.125 e. The summed E-state index contributed by atoms with van der Waals surface area (Å²) in [6.45, 7) is 6.57. The predicted molar refractivity (Wildman–Crippen MR) is 79.5 cm³/mol. The van der Waals surface area contributed by atoms with Crippen LogP contribution in [0.25, 0.3) is 0 Å². The number of hydrogen-bond acceptors (Lipinski definition) is 3. The van der Waals surface area contributed by atoms with Gasteiger partial charge in [0.1, 0.15) is 11.4 Å². The Bertz CT molecular complexity index is 405. The zero-order valence-electron chi connectivity index (χ0n) is 11.7. The number of hydrogen-bond donors (Lipinski definition) is 1. The quantitative estimate of drug-likeness (QED) is 0.878. The summed E-state index contributed by atoms with van der Waals surface area (Å²) in [6.07, 6.45) is 3.31. The van der Waals surface area contributed by atoms with Crippen LogP contribution >= 0.6 is 11.8 Å². The van der Waals surface area contributed by atoms with Crippen LogP contribution in [0.3, 0.4) is 0 Å². The van der Waals surface area contributed by atoms with Crippen molar-refractivity contribution < 1.29 is 4.74 Å². The van der Waals surface area contributed by atoms with Gasteiger partial charge in [-0.25, -0.2) is 0 Å². The molecule has 0 bridgehead atoms. The average Bonchev–Trinajstić information content (AvgIpc) is 2.59. The van der Waals surface area contributed by atoms with E-state index >= 15 is 0 Å². The zero-order chi connectivity index (χ0) is 13.2. The fourth-order valence-corrected chi connectivity index (χ4v) is 3.27. The molecule has 2 unspecified atom stereocenters. The van der Waals surface area contributed by atoms with Gasteiger partial charge in [-0.2, -0.15) is 11.8 Å². The fourth-order valence-electron chi connectivity index (χ4n) is 2.54. The Labute approximate surface area is 114 Å². The SMILES string of the molecule is CCC(CSC)NC1c2ccccc2OC1(C)C. The first-order valence-corrected chi connectivity index (χ1v) is 8.00. The van der Waals surface area contributed by atoms with Crippen molar-refractivity contribution >= 4 is 11.8 Å². The van der Waals surface area contributed by atoms with Crippen molar-refractivity contribution in [3.63, 3.8) is 0 Å². The summed E-state index contributed by atoms with van der Waals surface area (Å²) in [5.74, 6) is 2.17. The molecule has 1 aromatic carbocycles. The Morgan fingerprint density at radius 3 is 2.78 bits per heavy atom. The molecule has 100 valence electrons. The third-order valence-corrected chi connectivity index (χ3v) is 4.30. The number of benzene rings is 1. The van der Waals surface area contributed by atoms with Crippen LogP contribution in [0.2, 0.25) is 0 Å². The second-order valence-corrected chi connectivity index (χ2v) is 6.31. The standard InChI is InChI=1S/C15H23NOS/c1-5-11(10-18-4)16-14-12-8-6-7-9-13(12)17-15(14,2)3/h6-9,11,14,16H,5,10H2,1-4H3. The van der Waals surface area contributed by atoms with Crippen molar-refractivity contribution in [1.29, 1.82) is 0 Å². The predicted octanol–water partition coefficient (Wildman–Crippen LogP) is 3.63. The molecular formula is C15H23NOS. The molecule has 2 nitrogen and oxygen atoms in total. The van der Waals surface area contributed by atoms with E-state index in [9.17, 15) is 0 Å². The first kappa shape index (κ1) is 13.8. The minimum Gasteiger partial charge on any atom is -0.486 e. The van der Waals surface area contributed by atoms with Gasteiger partial charge >= 0.3 is 0 Å². The molecule has 2 atom stereocenters. The van der Waals surface area contributed by atoms with E-state index in [0.29, 0.717) is 6.04 Å². The molecule has 0 radical (unpaired) electrons. The van der Waals surface area contributed by atoms with Crippen LogP contribution < -0.4 is 10.1 Å². The number of rotatable bonds is 5. The molecule has 3 heteroatoms. The maximum atomic E-state index is 6.06. The van der Waals surface area contributed by atoms with Gasteiger partial charge in [-0.05, 0) is 32.6 Å². The van der Waals surface area contributed by atoms with Crippen LogP contribution in [0.5, 0.6) is 5.75 Å². The fraction of sp³-hybridized carbons (Fsp3) is 0.600. The molecule has 1 aliphatic heterocycles. The molecule has 1 aromatic rings. The van der Waals surface area contributed by atoms with Gasteiger partial charge in [0.25, 0.3) is 0 Å². The van der Waals surface area contributed by atoms with E-state index in [1.54, 1.807) is 0 Å². The molecule has 0 spiro atoms. The van der Waals surface area contributed by atoms with Gasteiger partial charge in [-0.3, -0.25) is 0 Å². The Kier molecular flexibility index (Phi) is 4.23. The minimum absolute atomic E-state index is 0.171. The van der Waals surface area contributed by atoms with Gasteiger partial charge in [-0.1, -0.05) is 25.1 Å². The second kappa shape index (κ2) is 5.54. The lowest BCUT2D eigenvalue weighted by atomic mass is 9.93. The second-order valence-electron chi connectivity index (χ2n) is 5.40. The van der Waals surface area contributed by atoms with E-state index in [2.05, 4.69) is 50.5 Å². The molecule has 0 aromatic heterocycles. The minimum atomic E-state index is -0.171. The van der Waals surface area contributed by atoms with E-state index < -0.39 is 0 Å². The molecule has 0 aliphatic carbocycles. The Balaban J connectivity index is 2.20. The molecule has 1 N–H and O–H groups in total. The van der Waals surface area contributed by atoms with Crippen LogP contribution in [0.1, 0.15) is 38.8 Å². The van der Waals surface area contributed by atoms with Crippen molar-refractivity contribution in [2.24, 2.45) is 0 Å². The van der Waals surface area contributed by atoms with Gasteiger partial charge in [0.2, 0.25) is 0 Å². The van der Waals surface area contributed by atoms with Crippen LogP contribution in [0.4, 0.5) is 0 Å². The number of para-hydroxylation sites is 1. The molecule has 0 amide bonds. The lowest BCUT2D eigenvalue weighted by Crippen LogP contribution is -2.44. The van der Waals surface area contributed by atoms with Crippen LogP contribution in [0, 0.1) is 0 Å². The summed E-state index contributed by atoms with van der Waals surface area (Å²) < 4.78 is 6.06. The molecule has 1 heterocycles. The van der Waals surface area contributed by atoms with Crippen LogP contribution in [-0.2, 0) is 0 Å². The first-order chi connectivity index (χ1) is 8.58. The van der Waals surface area contributed by atoms with Gasteiger partial charge in [0.15, 0.2) is 0 Å². The highest BCUT2D eigenvalue weighted by molar-refractivity contribution is 7.98. The Morgan fingerprint density at radius 1 is 1.39 bits per heavy atom. The van der Waals surface area contributed by atoms with E-state index in [1.165, 1.54) is 5.56 Å². The van der Waals surface area contributed by atoms with E-state index in [0.717, 1.165) is 17.9 Å². The lowest BCUT2D eigenvalue weighted by Gasteiger charge is -2.30. The van der Waals surface area contributed by atoms with E-state index in [-0.39, 0.29) is 11.6 Å². The highest BCUT2D eigenvalue weighted by Crippen LogP contribution is 2.43. The maximum absolute atomic E-state index is 6.06. The van der Waals surface area contributed by atoms with Crippen molar-refractivity contribution in [3.8, 4) is 5.75 Å². The average molecular weight is 265 g/mol. The van der Waals surface area contributed by atoms with Gasteiger partial charge in [0.05, 0.1) is 6.04 Å². The monoisotopic (exact) mass is 265 g/mol. The number of fused-ring (bicyclic) bond motifs is 1. The summed E-state index contributed by atoms with van der Waals surface area (Å²) >= 11 is 1.90. The lowest BCUT2D eigenvalue weighted by molar-refractivity contribution is 0.0919. The van der Waals surface area contributed by atoms with Crippen LogP contribution in [-0.4, -0.2) is 23.7 Å². The molecule has 0 saturated heterocycles. The third kappa shape index (κ3) is 2.67. The van der Waals surface area contributed by atoms with Crippen molar-refractivity contribution in [2.45, 2.75) is 44.9 Å². The van der Waals surface area contributed by atoms with Gasteiger partial charge < -0.3 is 10.1 Å². The Morgan fingerprint density at radius 2 is 2.11 bits per heavy atom. The molecule has 0 saturated carbocycles. The first-order valence-electron chi connectivity index (χ1n) is 6.61. The molecule has 0 fully saturated rings.